The quantitative estimate of drug-likeness (QED) is 0.208. The van der Waals surface area contributed by atoms with Crippen LogP contribution in [-0.4, -0.2) is 43.4 Å². The lowest BCUT2D eigenvalue weighted by atomic mass is 10.0. The van der Waals surface area contributed by atoms with Gasteiger partial charge < -0.3 is 15.2 Å². The zero-order chi connectivity index (χ0) is 24.9. The van der Waals surface area contributed by atoms with Crippen LogP contribution < -0.4 is 5.73 Å². The van der Waals surface area contributed by atoms with Gasteiger partial charge in [0, 0.05) is 33.0 Å². The maximum Gasteiger partial charge on any atom is 0.496 e. The number of nitrogens with two attached hydrogens (primary N) is 1. The van der Waals surface area contributed by atoms with E-state index in [9.17, 15) is 31.1 Å². The summed E-state index contributed by atoms with van der Waals surface area (Å²) in [6.45, 7) is -0.302. The molecule has 2 heterocycles. The van der Waals surface area contributed by atoms with Gasteiger partial charge in [0.05, 0.1) is 6.54 Å². The van der Waals surface area contributed by atoms with Crippen LogP contribution in [0.3, 0.4) is 0 Å². The van der Waals surface area contributed by atoms with Crippen LogP contribution in [-0.2, 0) is 44.3 Å². The van der Waals surface area contributed by atoms with Gasteiger partial charge >= 0.3 is 14.1 Å². The Kier molecular flexibility index (Phi) is 8.71. The van der Waals surface area contributed by atoms with Gasteiger partial charge in [0.1, 0.15) is 5.82 Å². The van der Waals surface area contributed by atoms with Crippen molar-refractivity contribution in [2.45, 2.75) is 38.1 Å². The summed E-state index contributed by atoms with van der Waals surface area (Å²) < 4.78 is 99.8. The molecule has 0 radical (unpaired) electrons. The lowest BCUT2D eigenvalue weighted by molar-refractivity contribution is -0.148. The molecule has 0 saturated carbocycles. The first-order chi connectivity index (χ1) is 15.3. The van der Waals surface area contributed by atoms with Gasteiger partial charge in [-0.3, -0.25) is 4.79 Å². The number of hydrogen-bond acceptors (Lipinski definition) is 8. The lowest BCUT2D eigenvalue weighted by Crippen LogP contribution is -2.42. The predicted molar refractivity (Wildman–Crippen MR) is 97.2 cm³/mol. The van der Waals surface area contributed by atoms with Crippen molar-refractivity contribution in [3.8, 4) is 0 Å². The molecule has 1 atom stereocenters. The molecule has 33 heavy (non-hydrogen) atoms. The Morgan fingerprint density at radius 3 is 2.36 bits per heavy atom. The summed E-state index contributed by atoms with van der Waals surface area (Å²) in [5, 5.41) is 13.6. The highest BCUT2D eigenvalue weighted by Crippen LogP contribution is 2.29. The van der Waals surface area contributed by atoms with Crippen LogP contribution in [0.1, 0.15) is 25.1 Å². The molecule has 184 valence electrons. The molecule has 0 bridgehead atoms. The SMILES string of the molecule is N[C@H](CC(=O)N1CCn2c(nnc2C(F)(F)F)C1)Cc1cc(F)c(F)cc1F.O=P(=O)OO.[HH]. The Hall–Kier alpha value is -2.81. The molecule has 1 aromatic heterocycles. The minimum atomic E-state index is -4.64. The molecule has 0 spiro atoms. The number of carbonyl (C=O) groups excluding carboxylic acids is 1. The minimum Gasteiger partial charge on any atom is -0.333 e. The standard InChI is InChI=1S/C16H15F6N5O.HO4P.H2/c17-10-6-12(19)11(18)4-8(10)3-9(23)5-14(28)26-1-2-27-13(7-26)24-25-15(27)16(20,21)22;1-4-5(2)3;/h4,6,9H,1-3,5,7,23H2;1H;1H/t9-;;/m0../s1. The summed E-state index contributed by atoms with van der Waals surface area (Å²) in [5.74, 6) is -5.15. The number of fused-ring (bicyclic) bond motifs is 1. The number of halogens is 6. The van der Waals surface area contributed by atoms with Crippen molar-refractivity contribution in [3.63, 3.8) is 0 Å². The second-order valence-corrected chi connectivity index (χ2v) is 7.35. The van der Waals surface area contributed by atoms with Gasteiger partial charge in [-0.1, -0.05) is 0 Å². The van der Waals surface area contributed by atoms with Crippen LogP contribution >= 0.6 is 7.91 Å². The van der Waals surface area contributed by atoms with Gasteiger partial charge in [-0.25, -0.2) is 27.6 Å². The van der Waals surface area contributed by atoms with Gasteiger partial charge in [-0.2, -0.15) is 13.2 Å². The Morgan fingerprint density at radius 2 is 1.79 bits per heavy atom. The molecule has 1 amide bonds. The molecule has 17 heteroatoms. The van der Waals surface area contributed by atoms with Crippen molar-refractivity contribution in [1.29, 1.82) is 0 Å². The third-order valence-corrected chi connectivity index (χ3v) is 4.57. The second kappa shape index (κ2) is 10.9. The number of benzene rings is 1. The molecule has 10 nitrogen and oxygen atoms in total. The highest BCUT2D eigenvalue weighted by Gasteiger charge is 2.40. The van der Waals surface area contributed by atoms with E-state index in [0.29, 0.717) is 12.1 Å². The molecule has 3 N–H and O–H groups in total. The zero-order valence-corrected chi connectivity index (χ0v) is 17.3. The third-order valence-electron chi connectivity index (χ3n) is 4.43. The topological polar surface area (TPSA) is 141 Å². The summed E-state index contributed by atoms with van der Waals surface area (Å²) in [6, 6.07) is 0.184. The molecular weight excluding hydrogens is 487 g/mol. The van der Waals surface area contributed by atoms with Crippen molar-refractivity contribution in [1.82, 2.24) is 19.7 Å². The Balaban J connectivity index is 0.000000873. The van der Waals surface area contributed by atoms with Crippen LogP contribution in [0, 0.1) is 17.5 Å². The fourth-order valence-corrected chi connectivity index (χ4v) is 3.01. The van der Waals surface area contributed by atoms with Crippen molar-refractivity contribution in [3.05, 3.63) is 46.8 Å². The monoisotopic (exact) mass is 505 g/mol. The molecule has 0 saturated heterocycles. The van der Waals surface area contributed by atoms with Crippen LogP contribution in [0.25, 0.3) is 0 Å². The summed E-state index contributed by atoms with van der Waals surface area (Å²) in [6.07, 6.45) is -5.11. The van der Waals surface area contributed by atoms with Crippen molar-refractivity contribution in [2.24, 2.45) is 5.73 Å². The molecule has 3 rings (SSSR count). The van der Waals surface area contributed by atoms with E-state index < -0.39 is 49.3 Å². The van der Waals surface area contributed by atoms with Crippen LogP contribution in [0.15, 0.2) is 12.1 Å². The first-order valence-corrected chi connectivity index (χ1v) is 10.0. The summed E-state index contributed by atoms with van der Waals surface area (Å²) in [5.41, 5.74) is 5.64. The minimum absolute atomic E-state index is 0. The van der Waals surface area contributed by atoms with Crippen molar-refractivity contribution in [2.75, 3.05) is 6.54 Å². The van der Waals surface area contributed by atoms with Crippen molar-refractivity contribution >= 4 is 13.8 Å². The van der Waals surface area contributed by atoms with E-state index in [0.717, 1.165) is 4.57 Å². The average Bonchev–Trinajstić information content (AvgIpc) is 3.16. The number of nitrogens with zero attached hydrogens (tertiary/aromatic N) is 4. The molecule has 1 aliphatic rings. The normalized spacial score (nSPS) is 14.2. The molecule has 1 aliphatic heterocycles. The van der Waals surface area contributed by atoms with Gasteiger partial charge in [0.2, 0.25) is 11.7 Å². The summed E-state index contributed by atoms with van der Waals surface area (Å²) in [7, 11) is -3.04. The second-order valence-electron chi connectivity index (χ2n) is 6.74. The maximum absolute atomic E-state index is 13.7. The predicted octanol–water partition coefficient (Wildman–Crippen LogP) is 2.83. The highest BCUT2D eigenvalue weighted by molar-refractivity contribution is 7.24. The van der Waals surface area contributed by atoms with E-state index >= 15 is 0 Å². The first kappa shape index (κ1) is 26.4. The molecule has 2 aromatic rings. The Bertz CT molecular complexity index is 1080. The van der Waals surface area contributed by atoms with E-state index in [1.807, 2.05) is 0 Å². The number of alkyl halides is 3. The van der Waals surface area contributed by atoms with Gasteiger partial charge in [0.15, 0.2) is 17.5 Å². The number of hydrogen-bond donors (Lipinski definition) is 2. The van der Waals surface area contributed by atoms with E-state index in [1.54, 1.807) is 0 Å². The lowest BCUT2D eigenvalue weighted by Gasteiger charge is -2.29. The number of carbonyl (C=O) groups is 1. The number of rotatable bonds is 5. The molecular formula is C16H18F6N5O5P. The average molecular weight is 505 g/mol. The smallest absolute Gasteiger partial charge is 0.333 e. The van der Waals surface area contributed by atoms with Crippen molar-refractivity contribution < 1.29 is 51.6 Å². The number of aromatic nitrogens is 3. The van der Waals surface area contributed by atoms with Gasteiger partial charge in [-0.05, 0) is 18.1 Å². The molecule has 1 aromatic carbocycles. The van der Waals surface area contributed by atoms with E-state index in [2.05, 4.69) is 14.9 Å². The van der Waals surface area contributed by atoms with Gasteiger partial charge in [0.25, 0.3) is 0 Å². The fraction of sp³-hybridized carbons (Fsp3) is 0.438. The Labute approximate surface area is 183 Å². The van der Waals surface area contributed by atoms with E-state index in [-0.39, 0.29) is 45.3 Å². The zero-order valence-electron chi connectivity index (χ0n) is 16.4. The number of amides is 1. The van der Waals surface area contributed by atoms with Gasteiger partial charge in [-0.15, -0.1) is 14.9 Å². The third kappa shape index (κ3) is 7.08. The first-order valence-electron chi connectivity index (χ1n) is 8.95. The Morgan fingerprint density at radius 1 is 1.18 bits per heavy atom. The van der Waals surface area contributed by atoms with Crippen LogP contribution in [0.2, 0.25) is 0 Å². The largest absolute Gasteiger partial charge is 0.496 e. The molecule has 0 fully saturated rings. The van der Waals surface area contributed by atoms with Crippen LogP contribution in [0.5, 0.6) is 0 Å². The highest BCUT2D eigenvalue weighted by atomic mass is 31.1. The van der Waals surface area contributed by atoms with E-state index in [1.165, 1.54) is 4.90 Å². The summed E-state index contributed by atoms with van der Waals surface area (Å²) >= 11 is 0. The maximum atomic E-state index is 13.7. The van der Waals surface area contributed by atoms with E-state index in [4.69, 9.17) is 20.1 Å². The molecule has 0 aliphatic carbocycles. The van der Waals surface area contributed by atoms with Crippen LogP contribution in [0.4, 0.5) is 26.3 Å². The summed E-state index contributed by atoms with van der Waals surface area (Å²) in [4.78, 5) is 13.6. The fourth-order valence-electron chi connectivity index (χ4n) is 3.01. The molecule has 0 unspecified atom stereocenters.